The van der Waals surface area contributed by atoms with Crippen molar-refractivity contribution < 1.29 is 14.4 Å². The van der Waals surface area contributed by atoms with Crippen molar-refractivity contribution in [2.45, 2.75) is 90.2 Å². The van der Waals surface area contributed by atoms with Crippen LogP contribution >= 0.6 is 0 Å². The van der Waals surface area contributed by atoms with E-state index in [1.54, 1.807) is 0 Å². The molecule has 19 heavy (non-hydrogen) atoms. The predicted octanol–water partition coefficient (Wildman–Crippen LogP) is 3.80. The molecule has 0 unspecified atom stereocenters. The molecule has 1 aliphatic heterocycles. The number of aliphatic hydroxyl groups excluding tert-OH is 1. The van der Waals surface area contributed by atoms with Crippen molar-refractivity contribution >= 4 is 7.12 Å². The van der Waals surface area contributed by atoms with Gasteiger partial charge in [0.05, 0.1) is 11.2 Å². The average Bonchev–Trinajstić information content (AvgIpc) is 2.51. The van der Waals surface area contributed by atoms with Gasteiger partial charge in [-0.1, -0.05) is 38.5 Å². The first-order chi connectivity index (χ1) is 8.89. The maximum absolute atomic E-state index is 8.69. The van der Waals surface area contributed by atoms with Crippen molar-refractivity contribution in [1.29, 1.82) is 0 Å². The molecule has 0 aliphatic carbocycles. The van der Waals surface area contributed by atoms with Crippen molar-refractivity contribution in [2.75, 3.05) is 6.61 Å². The monoisotopic (exact) mass is 270 g/mol. The van der Waals surface area contributed by atoms with Crippen molar-refractivity contribution in [3.05, 3.63) is 0 Å². The van der Waals surface area contributed by atoms with E-state index in [0.29, 0.717) is 6.61 Å². The molecule has 0 bridgehead atoms. The van der Waals surface area contributed by atoms with E-state index in [-0.39, 0.29) is 18.3 Å². The lowest BCUT2D eigenvalue weighted by Gasteiger charge is -2.32. The first-order valence-corrected chi connectivity index (χ1v) is 7.85. The Kier molecular flexibility index (Phi) is 6.85. The highest BCUT2D eigenvalue weighted by molar-refractivity contribution is 6.45. The van der Waals surface area contributed by atoms with E-state index in [9.17, 15) is 0 Å². The Bertz CT molecular complexity index is 238. The van der Waals surface area contributed by atoms with Crippen molar-refractivity contribution in [3.63, 3.8) is 0 Å². The van der Waals surface area contributed by atoms with Gasteiger partial charge >= 0.3 is 7.12 Å². The van der Waals surface area contributed by atoms with Gasteiger partial charge in [-0.15, -0.1) is 0 Å². The van der Waals surface area contributed by atoms with Crippen LogP contribution in [0.4, 0.5) is 0 Å². The van der Waals surface area contributed by atoms with Gasteiger partial charge in [0.25, 0.3) is 0 Å². The fourth-order valence-corrected chi connectivity index (χ4v) is 2.39. The SMILES string of the molecule is CC1(C)OB(CCCCCCCCCO)OC1(C)C. The van der Waals surface area contributed by atoms with E-state index >= 15 is 0 Å². The molecular weight excluding hydrogens is 239 g/mol. The second-order valence-corrected chi connectivity index (χ2v) is 6.67. The van der Waals surface area contributed by atoms with Gasteiger partial charge in [-0.05, 0) is 40.4 Å². The molecule has 0 saturated carbocycles. The Hall–Kier alpha value is -0.0551. The number of aliphatic hydroxyl groups is 1. The summed E-state index contributed by atoms with van der Waals surface area (Å²) in [6, 6.07) is 0. The van der Waals surface area contributed by atoms with Gasteiger partial charge in [-0.3, -0.25) is 0 Å². The largest absolute Gasteiger partial charge is 0.457 e. The maximum atomic E-state index is 8.69. The van der Waals surface area contributed by atoms with Crippen LogP contribution in [0.3, 0.4) is 0 Å². The molecule has 1 saturated heterocycles. The van der Waals surface area contributed by atoms with Gasteiger partial charge in [-0.25, -0.2) is 0 Å². The quantitative estimate of drug-likeness (QED) is 0.511. The third-order valence-electron chi connectivity index (χ3n) is 4.40. The van der Waals surface area contributed by atoms with Crippen LogP contribution in [0.15, 0.2) is 0 Å². The summed E-state index contributed by atoms with van der Waals surface area (Å²) in [5.41, 5.74) is -0.385. The molecule has 3 nitrogen and oxygen atoms in total. The molecule has 1 rings (SSSR count). The minimum Gasteiger partial charge on any atom is -0.403 e. The molecule has 0 atom stereocenters. The Morgan fingerprint density at radius 2 is 1.16 bits per heavy atom. The van der Waals surface area contributed by atoms with E-state index in [1.807, 2.05) is 0 Å². The molecule has 0 spiro atoms. The summed E-state index contributed by atoms with van der Waals surface area (Å²) < 4.78 is 11.9. The first-order valence-electron chi connectivity index (χ1n) is 7.85. The number of unbranched alkanes of at least 4 members (excludes halogenated alkanes) is 6. The molecule has 0 radical (unpaired) electrons. The standard InChI is InChI=1S/C15H31BO3/c1-14(2)15(3,4)19-16(18-14)12-10-8-6-5-7-9-11-13-17/h17H,5-13H2,1-4H3. The molecule has 0 aromatic carbocycles. The average molecular weight is 270 g/mol. The smallest absolute Gasteiger partial charge is 0.403 e. The lowest BCUT2D eigenvalue weighted by atomic mass is 9.82. The zero-order valence-corrected chi connectivity index (χ0v) is 13.2. The van der Waals surface area contributed by atoms with Crippen molar-refractivity contribution in [3.8, 4) is 0 Å². The van der Waals surface area contributed by atoms with Gasteiger partial charge < -0.3 is 14.4 Å². The highest BCUT2D eigenvalue weighted by atomic mass is 16.7. The zero-order chi connectivity index (χ0) is 14.4. The molecule has 1 aliphatic rings. The summed E-state index contributed by atoms with van der Waals surface area (Å²) in [5.74, 6) is 0. The van der Waals surface area contributed by atoms with Crippen molar-refractivity contribution in [2.24, 2.45) is 0 Å². The second kappa shape index (κ2) is 7.65. The summed E-state index contributed by atoms with van der Waals surface area (Å²) in [7, 11) is -0.0283. The molecule has 0 amide bonds. The van der Waals surface area contributed by atoms with Crippen LogP contribution in [-0.4, -0.2) is 30.0 Å². The van der Waals surface area contributed by atoms with Crippen LogP contribution in [0.1, 0.15) is 72.6 Å². The molecule has 0 aromatic heterocycles. The van der Waals surface area contributed by atoms with Gasteiger partial charge in [-0.2, -0.15) is 0 Å². The van der Waals surface area contributed by atoms with Gasteiger partial charge in [0.2, 0.25) is 0 Å². The van der Waals surface area contributed by atoms with Crippen LogP contribution < -0.4 is 0 Å². The van der Waals surface area contributed by atoms with Gasteiger partial charge in [0.15, 0.2) is 0 Å². The van der Waals surface area contributed by atoms with Crippen LogP contribution in [-0.2, 0) is 9.31 Å². The third kappa shape index (κ3) is 5.45. The molecule has 1 fully saturated rings. The number of hydrogen-bond acceptors (Lipinski definition) is 3. The minimum atomic E-state index is -0.192. The Morgan fingerprint density at radius 3 is 1.63 bits per heavy atom. The topological polar surface area (TPSA) is 38.7 Å². The number of hydrogen-bond donors (Lipinski definition) is 1. The lowest BCUT2D eigenvalue weighted by molar-refractivity contribution is 0.00578. The second-order valence-electron chi connectivity index (χ2n) is 6.67. The lowest BCUT2D eigenvalue weighted by Crippen LogP contribution is -2.41. The van der Waals surface area contributed by atoms with E-state index in [1.165, 1.54) is 32.1 Å². The van der Waals surface area contributed by atoms with Gasteiger partial charge in [0, 0.05) is 6.61 Å². The third-order valence-corrected chi connectivity index (χ3v) is 4.40. The van der Waals surface area contributed by atoms with Crippen LogP contribution in [0, 0.1) is 0 Å². The fraction of sp³-hybridized carbons (Fsp3) is 1.00. The molecule has 1 heterocycles. The summed E-state index contributed by atoms with van der Waals surface area (Å²) in [4.78, 5) is 0. The molecule has 1 N–H and O–H groups in total. The molecular formula is C15H31BO3. The van der Waals surface area contributed by atoms with Gasteiger partial charge in [0.1, 0.15) is 0 Å². The van der Waals surface area contributed by atoms with Crippen molar-refractivity contribution in [1.82, 2.24) is 0 Å². The number of rotatable bonds is 9. The van der Waals surface area contributed by atoms with Crippen LogP contribution in [0.25, 0.3) is 0 Å². The molecule has 112 valence electrons. The minimum absolute atomic E-state index is 0.0283. The zero-order valence-electron chi connectivity index (χ0n) is 13.2. The van der Waals surface area contributed by atoms with E-state index in [0.717, 1.165) is 19.2 Å². The maximum Gasteiger partial charge on any atom is 0.457 e. The summed E-state index contributed by atoms with van der Waals surface area (Å²) in [6.45, 7) is 8.76. The highest BCUT2D eigenvalue weighted by Gasteiger charge is 2.50. The van der Waals surface area contributed by atoms with Crippen LogP contribution in [0.2, 0.25) is 6.32 Å². The summed E-state index contributed by atoms with van der Waals surface area (Å²) in [5, 5.41) is 8.69. The first kappa shape index (κ1) is 17.0. The summed E-state index contributed by atoms with van der Waals surface area (Å²) in [6.07, 6.45) is 9.36. The predicted molar refractivity (Wildman–Crippen MR) is 80.3 cm³/mol. The normalized spacial score (nSPS) is 21.0. The Morgan fingerprint density at radius 1 is 0.737 bits per heavy atom. The fourth-order valence-electron chi connectivity index (χ4n) is 2.39. The molecule has 4 heteroatoms. The Balaban J connectivity index is 2.02. The van der Waals surface area contributed by atoms with Crippen LogP contribution in [0.5, 0.6) is 0 Å². The Labute approximate surface area is 119 Å². The molecule has 0 aromatic rings. The highest BCUT2D eigenvalue weighted by Crippen LogP contribution is 2.38. The van der Waals surface area contributed by atoms with E-state index in [2.05, 4.69) is 27.7 Å². The summed E-state index contributed by atoms with van der Waals surface area (Å²) >= 11 is 0. The van der Waals surface area contributed by atoms with E-state index < -0.39 is 0 Å². The van der Waals surface area contributed by atoms with E-state index in [4.69, 9.17) is 14.4 Å².